The quantitative estimate of drug-likeness (QED) is 0.856. The van der Waals surface area contributed by atoms with E-state index in [-0.39, 0.29) is 11.7 Å². The minimum absolute atomic E-state index is 0.114. The van der Waals surface area contributed by atoms with Crippen molar-refractivity contribution in [2.75, 3.05) is 26.2 Å². The summed E-state index contributed by atoms with van der Waals surface area (Å²) in [7, 11) is 1.89. The Balaban J connectivity index is 1.59. The molecule has 1 aromatic heterocycles. The molecule has 118 valence electrons. The largest absolute Gasteiger partial charge is 0.366 e. The van der Waals surface area contributed by atoms with E-state index in [2.05, 4.69) is 15.6 Å². The lowest BCUT2D eigenvalue weighted by atomic mass is 10.3. The number of imidazole rings is 1. The Morgan fingerprint density at radius 1 is 1.59 bits per heavy atom. The van der Waals surface area contributed by atoms with E-state index in [0.717, 1.165) is 17.9 Å². The van der Waals surface area contributed by atoms with Crippen molar-refractivity contribution < 1.29 is 13.9 Å². The maximum absolute atomic E-state index is 13.2. The van der Waals surface area contributed by atoms with Gasteiger partial charge in [0.15, 0.2) is 0 Å². The maximum atomic E-state index is 13.2. The molecule has 3 rings (SSSR count). The van der Waals surface area contributed by atoms with Gasteiger partial charge in [-0.25, -0.2) is 9.37 Å². The second kappa shape index (κ2) is 6.41. The fraction of sp³-hybridized carbons (Fsp3) is 0.467. The third kappa shape index (κ3) is 3.10. The Kier molecular flexibility index (Phi) is 4.35. The number of nitrogens with one attached hydrogen (secondary N) is 2. The third-order valence-electron chi connectivity index (χ3n) is 3.80. The molecule has 0 radical (unpaired) electrons. The van der Waals surface area contributed by atoms with Crippen LogP contribution in [0, 0.1) is 5.82 Å². The van der Waals surface area contributed by atoms with E-state index in [1.165, 1.54) is 12.1 Å². The SMILES string of the molecule is Cn1c(CCNC(=O)[C@H]2CNCCO2)nc2cc(F)ccc21. The minimum Gasteiger partial charge on any atom is -0.366 e. The summed E-state index contributed by atoms with van der Waals surface area (Å²) in [5.41, 5.74) is 1.51. The van der Waals surface area contributed by atoms with Crippen LogP contribution in [0.4, 0.5) is 4.39 Å². The number of halogens is 1. The summed E-state index contributed by atoms with van der Waals surface area (Å²) in [4.78, 5) is 16.3. The van der Waals surface area contributed by atoms with Crippen molar-refractivity contribution in [3.05, 3.63) is 29.8 Å². The summed E-state index contributed by atoms with van der Waals surface area (Å²) in [6.07, 6.45) is 0.155. The molecule has 2 heterocycles. The number of fused-ring (bicyclic) bond motifs is 1. The predicted octanol–water partition coefficient (Wildman–Crippen LogP) is 0.359. The lowest BCUT2D eigenvalue weighted by Crippen LogP contribution is -2.48. The molecule has 1 aromatic carbocycles. The van der Waals surface area contributed by atoms with Gasteiger partial charge in [0, 0.05) is 39.2 Å². The molecular weight excluding hydrogens is 287 g/mol. The summed E-state index contributed by atoms with van der Waals surface area (Å²) in [5, 5.41) is 5.97. The van der Waals surface area contributed by atoms with Crippen LogP contribution in [0.5, 0.6) is 0 Å². The van der Waals surface area contributed by atoms with E-state index in [1.807, 2.05) is 11.6 Å². The van der Waals surface area contributed by atoms with E-state index in [4.69, 9.17) is 4.74 Å². The number of hydrogen-bond acceptors (Lipinski definition) is 4. The second-order valence-corrected chi connectivity index (χ2v) is 5.32. The first-order valence-corrected chi connectivity index (χ1v) is 7.36. The molecule has 1 aliphatic heterocycles. The van der Waals surface area contributed by atoms with Crippen LogP contribution in [0.2, 0.25) is 0 Å². The van der Waals surface area contributed by atoms with Crippen LogP contribution in [0.15, 0.2) is 18.2 Å². The van der Waals surface area contributed by atoms with E-state index >= 15 is 0 Å². The molecule has 22 heavy (non-hydrogen) atoms. The van der Waals surface area contributed by atoms with E-state index in [1.54, 1.807) is 6.07 Å². The number of carbonyl (C=O) groups excluding carboxylic acids is 1. The molecule has 0 unspecified atom stereocenters. The van der Waals surface area contributed by atoms with Gasteiger partial charge in [-0.15, -0.1) is 0 Å². The number of aromatic nitrogens is 2. The van der Waals surface area contributed by atoms with Gasteiger partial charge in [0.25, 0.3) is 0 Å². The lowest BCUT2D eigenvalue weighted by molar-refractivity contribution is -0.134. The van der Waals surface area contributed by atoms with Crippen LogP contribution >= 0.6 is 0 Å². The number of benzene rings is 1. The number of nitrogens with zero attached hydrogens (tertiary/aromatic N) is 2. The molecular formula is C15H19FN4O2. The molecule has 7 heteroatoms. The molecule has 1 saturated heterocycles. The third-order valence-corrected chi connectivity index (χ3v) is 3.80. The van der Waals surface area contributed by atoms with Gasteiger partial charge >= 0.3 is 0 Å². The summed E-state index contributed by atoms with van der Waals surface area (Å²) < 4.78 is 20.5. The Labute approximate surface area is 127 Å². The molecule has 0 aliphatic carbocycles. The zero-order valence-corrected chi connectivity index (χ0v) is 12.4. The van der Waals surface area contributed by atoms with Gasteiger partial charge in [0.2, 0.25) is 5.91 Å². The minimum atomic E-state index is -0.428. The van der Waals surface area contributed by atoms with Crippen molar-refractivity contribution in [2.45, 2.75) is 12.5 Å². The molecule has 1 fully saturated rings. The molecule has 0 bridgehead atoms. The van der Waals surface area contributed by atoms with Crippen LogP contribution in [0.25, 0.3) is 11.0 Å². The fourth-order valence-corrected chi connectivity index (χ4v) is 2.59. The number of carbonyl (C=O) groups is 1. The van der Waals surface area contributed by atoms with Gasteiger partial charge in [0.05, 0.1) is 17.6 Å². The molecule has 1 amide bonds. The molecule has 0 spiro atoms. The Morgan fingerprint density at radius 3 is 3.23 bits per heavy atom. The molecule has 1 atom stereocenters. The smallest absolute Gasteiger partial charge is 0.250 e. The topological polar surface area (TPSA) is 68.2 Å². The highest BCUT2D eigenvalue weighted by Gasteiger charge is 2.21. The summed E-state index contributed by atoms with van der Waals surface area (Å²) in [6, 6.07) is 4.54. The summed E-state index contributed by atoms with van der Waals surface area (Å²) >= 11 is 0. The van der Waals surface area contributed by atoms with E-state index < -0.39 is 6.10 Å². The molecule has 1 aliphatic rings. The number of hydrogen-bond donors (Lipinski definition) is 2. The van der Waals surface area contributed by atoms with Crippen LogP contribution in [0.3, 0.4) is 0 Å². The normalized spacial score (nSPS) is 18.5. The van der Waals surface area contributed by atoms with Crippen LogP contribution in [-0.2, 0) is 23.0 Å². The Bertz CT molecular complexity index is 679. The highest BCUT2D eigenvalue weighted by molar-refractivity contribution is 5.81. The van der Waals surface area contributed by atoms with Gasteiger partial charge < -0.3 is 19.9 Å². The highest BCUT2D eigenvalue weighted by Crippen LogP contribution is 2.16. The zero-order valence-electron chi connectivity index (χ0n) is 12.4. The summed E-state index contributed by atoms with van der Waals surface area (Å²) in [5.74, 6) is 0.396. The average molecular weight is 306 g/mol. The molecule has 2 aromatic rings. The van der Waals surface area contributed by atoms with Gasteiger partial charge in [-0.3, -0.25) is 4.79 Å². The maximum Gasteiger partial charge on any atom is 0.250 e. The standard InChI is InChI=1S/C15H19FN4O2/c1-20-12-3-2-10(16)8-11(12)19-14(20)4-5-18-15(21)13-9-17-6-7-22-13/h2-3,8,13,17H,4-7,9H2,1H3,(H,18,21)/t13-/m1/s1. The van der Waals surface area contributed by atoms with Gasteiger partial charge in [0.1, 0.15) is 17.7 Å². The predicted molar refractivity (Wildman–Crippen MR) is 80.0 cm³/mol. The average Bonchev–Trinajstić information content (AvgIpc) is 2.83. The molecule has 2 N–H and O–H groups in total. The van der Waals surface area contributed by atoms with Gasteiger partial charge in [-0.1, -0.05) is 0 Å². The van der Waals surface area contributed by atoms with Crippen LogP contribution < -0.4 is 10.6 Å². The van der Waals surface area contributed by atoms with Crippen LogP contribution in [0.1, 0.15) is 5.82 Å². The van der Waals surface area contributed by atoms with E-state index in [9.17, 15) is 9.18 Å². The van der Waals surface area contributed by atoms with Crippen molar-refractivity contribution in [3.63, 3.8) is 0 Å². The first-order valence-electron chi connectivity index (χ1n) is 7.36. The molecule has 6 nitrogen and oxygen atoms in total. The van der Waals surface area contributed by atoms with Crippen molar-refractivity contribution in [1.29, 1.82) is 0 Å². The molecule has 0 saturated carbocycles. The van der Waals surface area contributed by atoms with Gasteiger partial charge in [-0.05, 0) is 12.1 Å². The first kappa shape index (κ1) is 14.9. The number of amides is 1. The lowest BCUT2D eigenvalue weighted by Gasteiger charge is -2.22. The van der Waals surface area contributed by atoms with Crippen LogP contribution in [-0.4, -0.2) is 47.8 Å². The number of ether oxygens (including phenoxy) is 1. The van der Waals surface area contributed by atoms with E-state index in [0.29, 0.717) is 31.6 Å². The number of aryl methyl sites for hydroxylation is 1. The monoisotopic (exact) mass is 306 g/mol. The first-order chi connectivity index (χ1) is 10.6. The van der Waals surface area contributed by atoms with Crippen molar-refractivity contribution in [3.8, 4) is 0 Å². The second-order valence-electron chi connectivity index (χ2n) is 5.32. The Hall–Kier alpha value is -1.99. The van der Waals surface area contributed by atoms with Crippen molar-refractivity contribution in [2.24, 2.45) is 7.05 Å². The fourth-order valence-electron chi connectivity index (χ4n) is 2.59. The van der Waals surface area contributed by atoms with Gasteiger partial charge in [-0.2, -0.15) is 0 Å². The zero-order chi connectivity index (χ0) is 15.5. The summed E-state index contributed by atoms with van der Waals surface area (Å²) in [6.45, 7) is 2.34. The number of rotatable bonds is 4. The highest BCUT2D eigenvalue weighted by atomic mass is 19.1. The van der Waals surface area contributed by atoms with Crippen molar-refractivity contribution >= 4 is 16.9 Å². The number of morpholine rings is 1. The van der Waals surface area contributed by atoms with Crippen molar-refractivity contribution in [1.82, 2.24) is 20.2 Å². The Morgan fingerprint density at radius 2 is 2.45 bits per heavy atom.